The van der Waals surface area contributed by atoms with E-state index in [0.29, 0.717) is 29.4 Å². The number of anilines is 1. The van der Waals surface area contributed by atoms with E-state index in [0.717, 1.165) is 21.3 Å². The Morgan fingerprint density at radius 3 is 2.34 bits per heavy atom. The van der Waals surface area contributed by atoms with Crippen LogP contribution in [-0.4, -0.2) is 24.4 Å². The Labute approximate surface area is 182 Å². The molecule has 2 aromatic carbocycles. The highest BCUT2D eigenvalue weighted by Crippen LogP contribution is 2.27. The van der Waals surface area contributed by atoms with Gasteiger partial charge in [-0.05, 0) is 30.2 Å². The molecule has 3 heterocycles. The summed E-state index contributed by atoms with van der Waals surface area (Å²) in [6, 6.07) is 14.2. The summed E-state index contributed by atoms with van der Waals surface area (Å²) >= 11 is 0. The first kappa shape index (κ1) is 19.9. The minimum atomic E-state index is -0.442. The Bertz CT molecular complexity index is 1490. The molecule has 0 amide bonds. The first-order chi connectivity index (χ1) is 15.3. The van der Waals surface area contributed by atoms with Gasteiger partial charge in [0.1, 0.15) is 5.82 Å². The summed E-state index contributed by atoms with van der Waals surface area (Å²) in [4.78, 5) is 30.1. The van der Waals surface area contributed by atoms with E-state index in [1.165, 1.54) is 23.7 Å². The van der Waals surface area contributed by atoms with E-state index in [1.807, 2.05) is 31.2 Å². The summed E-state index contributed by atoms with van der Waals surface area (Å²) in [5, 5.41) is 6.51. The maximum atomic E-state index is 13.5. The zero-order valence-electron chi connectivity index (χ0n) is 17.9. The second-order valence-corrected chi connectivity index (χ2v) is 7.97. The van der Waals surface area contributed by atoms with Crippen LogP contribution in [0, 0.1) is 12.7 Å². The number of hydrogen-bond acceptors (Lipinski definition) is 5. The van der Waals surface area contributed by atoms with Gasteiger partial charge in [0, 0.05) is 14.1 Å². The molecule has 0 spiro atoms. The molecule has 0 N–H and O–H groups in total. The van der Waals surface area contributed by atoms with Crippen molar-refractivity contribution in [3.8, 4) is 0 Å². The van der Waals surface area contributed by atoms with Crippen LogP contribution in [0.1, 0.15) is 16.7 Å². The number of halogens is 1. The average Bonchev–Trinajstić information content (AvgIpc) is 3.18. The molecule has 2 aromatic heterocycles. The molecule has 8 nitrogen and oxygen atoms in total. The van der Waals surface area contributed by atoms with E-state index in [2.05, 4.69) is 4.98 Å². The molecule has 0 unspecified atom stereocenters. The average molecular weight is 432 g/mol. The number of benzene rings is 2. The van der Waals surface area contributed by atoms with Gasteiger partial charge in [0.25, 0.3) is 5.56 Å². The van der Waals surface area contributed by atoms with Gasteiger partial charge in [-0.3, -0.25) is 18.5 Å². The van der Waals surface area contributed by atoms with Crippen molar-refractivity contribution in [3.05, 3.63) is 91.9 Å². The van der Waals surface area contributed by atoms with Gasteiger partial charge in [-0.2, -0.15) is 10.1 Å². The van der Waals surface area contributed by atoms with Gasteiger partial charge in [-0.25, -0.2) is 14.2 Å². The lowest BCUT2D eigenvalue weighted by Crippen LogP contribution is -2.38. The van der Waals surface area contributed by atoms with Crippen molar-refractivity contribution in [1.82, 2.24) is 18.7 Å². The van der Waals surface area contributed by atoms with Crippen molar-refractivity contribution >= 4 is 22.8 Å². The fourth-order valence-electron chi connectivity index (χ4n) is 3.92. The van der Waals surface area contributed by atoms with E-state index in [9.17, 15) is 14.0 Å². The molecule has 0 radical (unpaired) electrons. The number of aromatic nitrogens is 4. The minimum Gasteiger partial charge on any atom is -0.297 e. The Morgan fingerprint density at radius 1 is 0.969 bits per heavy atom. The molecule has 1 aliphatic rings. The van der Waals surface area contributed by atoms with Gasteiger partial charge in [0.05, 0.1) is 18.8 Å². The quantitative estimate of drug-likeness (QED) is 0.498. The second-order valence-electron chi connectivity index (χ2n) is 7.97. The SMILES string of the molecule is Cc1ccc(CN2N=C(c3ccc(F)cc3)Cn3c2nc2c3c(=O)n(C)c(=O)n2C)cc1. The lowest BCUT2D eigenvalue weighted by molar-refractivity contribution is 0.627. The highest BCUT2D eigenvalue weighted by atomic mass is 19.1. The van der Waals surface area contributed by atoms with Crippen LogP contribution < -0.4 is 16.3 Å². The summed E-state index contributed by atoms with van der Waals surface area (Å²) < 4.78 is 17.7. The monoisotopic (exact) mass is 432 g/mol. The van der Waals surface area contributed by atoms with Crippen LogP contribution in [-0.2, 0) is 27.2 Å². The normalized spacial score (nSPS) is 13.4. The number of hydrogen-bond donors (Lipinski definition) is 0. The molecule has 0 aliphatic carbocycles. The zero-order chi connectivity index (χ0) is 22.6. The van der Waals surface area contributed by atoms with Crippen LogP contribution >= 0.6 is 0 Å². The van der Waals surface area contributed by atoms with Crippen molar-refractivity contribution in [2.45, 2.75) is 20.0 Å². The molecule has 4 aromatic rings. The predicted octanol–water partition coefficient (Wildman–Crippen LogP) is 2.31. The van der Waals surface area contributed by atoms with Gasteiger partial charge < -0.3 is 0 Å². The van der Waals surface area contributed by atoms with Crippen LogP contribution in [0.4, 0.5) is 10.3 Å². The molecule has 0 atom stereocenters. The maximum Gasteiger partial charge on any atom is 0.332 e. The van der Waals surface area contributed by atoms with Crippen molar-refractivity contribution in [1.29, 1.82) is 0 Å². The Hall–Kier alpha value is -4.01. The zero-order valence-corrected chi connectivity index (χ0v) is 17.9. The molecular formula is C23H21FN6O2. The number of aryl methyl sites for hydroxylation is 2. The second kappa shape index (κ2) is 7.30. The number of imidazole rings is 1. The molecule has 0 fully saturated rings. The minimum absolute atomic E-state index is 0.273. The number of fused-ring (bicyclic) bond motifs is 3. The highest BCUT2D eigenvalue weighted by Gasteiger charge is 2.28. The van der Waals surface area contributed by atoms with Gasteiger partial charge in [-0.15, -0.1) is 0 Å². The Balaban J connectivity index is 1.72. The van der Waals surface area contributed by atoms with Crippen LogP contribution in [0.5, 0.6) is 0 Å². The number of nitrogens with zero attached hydrogens (tertiary/aromatic N) is 6. The number of hydrazone groups is 1. The van der Waals surface area contributed by atoms with E-state index in [1.54, 1.807) is 28.8 Å². The van der Waals surface area contributed by atoms with Gasteiger partial charge in [0.15, 0.2) is 11.2 Å². The van der Waals surface area contributed by atoms with Gasteiger partial charge >= 0.3 is 5.69 Å². The van der Waals surface area contributed by atoms with E-state index < -0.39 is 11.2 Å². The van der Waals surface area contributed by atoms with Crippen LogP contribution in [0.25, 0.3) is 11.2 Å². The molecule has 0 saturated heterocycles. The smallest absolute Gasteiger partial charge is 0.297 e. The fraction of sp³-hybridized carbons (Fsp3) is 0.217. The van der Waals surface area contributed by atoms with Crippen LogP contribution in [0.2, 0.25) is 0 Å². The topological polar surface area (TPSA) is 77.4 Å². The lowest BCUT2D eigenvalue weighted by Gasteiger charge is -2.26. The molecule has 1 aliphatic heterocycles. The third-order valence-electron chi connectivity index (χ3n) is 5.74. The molecule has 0 bridgehead atoms. The summed E-state index contributed by atoms with van der Waals surface area (Å²) in [5.41, 5.74) is 3.34. The highest BCUT2D eigenvalue weighted by molar-refractivity contribution is 6.02. The largest absolute Gasteiger partial charge is 0.332 e. The van der Waals surface area contributed by atoms with E-state index >= 15 is 0 Å². The number of rotatable bonds is 3. The van der Waals surface area contributed by atoms with Crippen molar-refractivity contribution in [2.24, 2.45) is 19.2 Å². The third-order valence-corrected chi connectivity index (χ3v) is 5.74. The molecule has 9 heteroatoms. The molecule has 162 valence electrons. The lowest BCUT2D eigenvalue weighted by atomic mass is 10.1. The summed E-state index contributed by atoms with van der Waals surface area (Å²) in [6.45, 7) is 2.71. The van der Waals surface area contributed by atoms with Crippen LogP contribution in [0.15, 0.2) is 63.2 Å². The van der Waals surface area contributed by atoms with Crippen molar-refractivity contribution in [2.75, 3.05) is 5.01 Å². The molecule has 0 saturated carbocycles. The van der Waals surface area contributed by atoms with Crippen molar-refractivity contribution < 1.29 is 4.39 Å². The van der Waals surface area contributed by atoms with Gasteiger partial charge in [0.2, 0.25) is 5.95 Å². The fourth-order valence-corrected chi connectivity index (χ4v) is 3.92. The third kappa shape index (κ3) is 3.13. The Kier molecular flexibility index (Phi) is 4.54. The standard InChI is InChI=1S/C23H21FN6O2/c1-14-4-6-15(7-5-14)12-30-22-25-20-19(21(31)28(3)23(32)27(20)2)29(22)13-18(26-30)16-8-10-17(24)11-9-16/h4-11H,12-13H2,1-3H3. The molecule has 32 heavy (non-hydrogen) atoms. The first-order valence-corrected chi connectivity index (χ1v) is 10.2. The first-order valence-electron chi connectivity index (χ1n) is 10.2. The molecule has 5 rings (SSSR count). The van der Waals surface area contributed by atoms with Crippen LogP contribution in [0.3, 0.4) is 0 Å². The van der Waals surface area contributed by atoms with E-state index in [-0.39, 0.29) is 12.4 Å². The summed E-state index contributed by atoms with van der Waals surface area (Å²) in [6.07, 6.45) is 0. The van der Waals surface area contributed by atoms with Gasteiger partial charge in [-0.1, -0.05) is 42.0 Å². The predicted molar refractivity (Wildman–Crippen MR) is 121 cm³/mol. The summed E-state index contributed by atoms with van der Waals surface area (Å²) in [7, 11) is 3.04. The summed E-state index contributed by atoms with van der Waals surface area (Å²) in [5.74, 6) is 0.143. The molecular weight excluding hydrogens is 411 g/mol. The Morgan fingerprint density at radius 2 is 1.66 bits per heavy atom. The van der Waals surface area contributed by atoms with E-state index in [4.69, 9.17) is 5.10 Å². The maximum absolute atomic E-state index is 13.5. The van der Waals surface area contributed by atoms with Crippen molar-refractivity contribution in [3.63, 3.8) is 0 Å².